The third-order valence-electron chi connectivity index (χ3n) is 4.18. The largest absolute Gasteiger partial charge is 0.359 e. The quantitative estimate of drug-likeness (QED) is 0.809. The monoisotopic (exact) mass is 288 g/mol. The summed E-state index contributed by atoms with van der Waals surface area (Å²) in [6.07, 6.45) is 3.76. The van der Waals surface area contributed by atoms with E-state index in [0.717, 1.165) is 10.6 Å². The molecule has 2 aromatic rings. The predicted octanol–water partition coefficient (Wildman–Crippen LogP) is 5.31. The van der Waals surface area contributed by atoms with Crippen LogP contribution < -0.4 is 5.32 Å². The Balaban J connectivity index is 1.79. The van der Waals surface area contributed by atoms with Gasteiger partial charge >= 0.3 is 0 Å². The van der Waals surface area contributed by atoms with Crippen molar-refractivity contribution >= 4 is 26.7 Å². The van der Waals surface area contributed by atoms with Gasteiger partial charge in [0, 0.05) is 6.04 Å². The Labute approximate surface area is 125 Å². The minimum Gasteiger partial charge on any atom is -0.359 e. The van der Waals surface area contributed by atoms with Crippen molar-refractivity contribution in [3.63, 3.8) is 0 Å². The lowest BCUT2D eigenvalue weighted by Crippen LogP contribution is -2.40. The Morgan fingerprint density at radius 1 is 1.10 bits per heavy atom. The Kier molecular flexibility index (Phi) is 3.28. The molecule has 1 aromatic heterocycles. The molecule has 1 heterocycles. The molecule has 0 saturated heterocycles. The molecular weight excluding hydrogens is 264 g/mol. The third-order valence-corrected chi connectivity index (χ3v) is 5.14. The highest BCUT2D eigenvalue weighted by molar-refractivity contribution is 7.22. The number of benzene rings is 1. The predicted molar refractivity (Wildman–Crippen MR) is 88.4 cm³/mol. The zero-order valence-electron chi connectivity index (χ0n) is 12.9. The number of thiazole rings is 1. The molecule has 1 aliphatic rings. The first-order valence-electron chi connectivity index (χ1n) is 7.45. The van der Waals surface area contributed by atoms with E-state index in [9.17, 15) is 0 Å². The van der Waals surface area contributed by atoms with Crippen LogP contribution in [-0.2, 0) is 0 Å². The molecule has 1 N–H and O–H groups in total. The van der Waals surface area contributed by atoms with E-state index in [1.54, 1.807) is 11.3 Å². The number of nitrogens with one attached hydrogen (secondary N) is 1. The molecule has 0 amide bonds. The number of aromatic nitrogens is 1. The maximum absolute atomic E-state index is 4.71. The normalized spacial score (nSPS) is 22.0. The summed E-state index contributed by atoms with van der Waals surface area (Å²) in [5.41, 5.74) is 1.93. The van der Waals surface area contributed by atoms with Crippen molar-refractivity contribution in [2.75, 3.05) is 5.32 Å². The molecular formula is C17H24N2S. The van der Waals surface area contributed by atoms with E-state index >= 15 is 0 Å². The summed E-state index contributed by atoms with van der Waals surface area (Å²) in [6, 6.07) is 8.91. The topological polar surface area (TPSA) is 24.9 Å². The van der Waals surface area contributed by atoms with Crippen LogP contribution in [0, 0.1) is 10.8 Å². The first kappa shape index (κ1) is 13.9. The number of rotatable bonds is 2. The molecule has 108 valence electrons. The van der Waals surface area contributed by atoms with Gasteiger partial charge in [-0.15, -0.1) is 0 Å². The van der Waals surface area contributed by atoms with Crippen molar-refractivity contribution in [1.29, 1.82) is 0 Å². The van der Waals surface area contributed by atoms with Crippen LogP contribution in [-0.4, -0.2) is 11.0 Å². The Morgan fingerprint density at radius 3 is 2.40 bits per heavy atom. The van der Waals surface area contributed by atoms with Crippen molar-refractivity contribution in [3.05, 3.63) is 24.3 Å². The second-order valence-corrected chi connectivity index (χ2v) is 8.77. The fraction of sp³-hybridized carbons (Fsp3) is 0.588. The molecule has 1 fully saturated rings. The first-order chi connectivity index (χ1) is 9.33. The summed E-state index contributed by atoms with van der Waals surface area (Å²) in [5, 5.41) is 4.76. The van der Waals surface area contributed by atoms with Gasteiger partial charge in [-0.1, -0.05) is 51.2 Å². The lowest BCUT2D eigenvalue weighted by molar-refractivity contribution is 0.105. The van der Waals surface area contributed by atoms with E-state index < -0.39 is 0 Å². The molecule has 1 aliphatic carbocycles. The van der Waals surface area contributed by atoms with Gasteiger partial charge in [0.1, 0.15) is 0 Å². The molecule has 0 radical (unpaired) electrons. The van der Waals surface area contributed by atoms with E-state index in [0.29, 0.717) is 16.9 Å². The number of nitrogens with zero attached hydrogens (tertiary/aromatic N) is 1. The summed E-state index contributed by atoms with van der Waals surface area (Å²) < 4.78 is 1.27. The zero-order chi connectivity index (χ0) is 14.4. The minimum atomic E-state index is 0.413. The van der Waals surface area contributed by atoms with Gasteiger partial charge in [0.25, 0.3) is 0 Å². The Bertz CT molecular complexity index is 563. The molecule has 1 saturated carbocycles. The zero-order valence-corrected chi connectivity index (χ0v) is 13.7. The van der Waals surface area contributed by atoms with Gasteiger partial charge in [0.15, 0.2) is 5.13 Å². The molecule has 3 rings (SSSR count). The summed E-state index contributed by atoms with van der Waals surface area (Å²) in [4.78, 5) is 4.71. The van der Waals surface area contributed by atoms with Crippen LogP contribution in [0.3, 0.4) is 0 Å². The molecule has 0 unspecified atom stereocenters. The fourth-order valence-corrected chi connectivity index (χ4v) is 5.00. The lowest BCUT2D eigenvalue weighted by Gasteiger charge is -2.45. The highest BCUT2D eigenvalue weighted by atomic mass is 32.1. The Morgan fingerprint density at radius 2 is 1.75 bits per heavy atom. The van der Waals surface area contributed by atoms with E-state index in [2.05, 4.69) is 57.3 Å². The van der Waals surface area contributed by atoms with Gasteiger partial charge in [-0.25, -0.2) is 4.98 Å². The van der Waals surface area contributed by atoms with Crippen LogP contribution in [0.25, 0.3) is 10.2 Å². The van der Waals surface area contributed by atoms with Crippen molar-refractivity contribution in [3.8, 4) is 0 Å². The minimum absolute atomic E-state index is 0.413. The fourth-order valence-electron chi connectivity index (χ4n) is 4.06. The van der Waals surface area contributed by atoms with Crippen LogP contribution in [0.2, 0.25) is 0 Å². The van der Waals surface area contributed by atoms with E-state index in [4.69, 9.17) is 4.98 Å². The first-order valence-corrected chi connectivity index (χ1v) is 8.27. The number of fused-ring (bicyclic) bond motifs is 1. The summed E-state index contributed by atoms with van der Waals surface area (Å²) in [5.74, 6) is 0. The van der Waals surface area contributed by atoms with Gasteiger partial charge in [-0.3, -0.25) is 0 Å². The second-order valence-electron chi connectivity index (χ2n) is 7.74. The van der Waals surface area contributed by atoms with Gasteiger partial charge in [0.2, 0.25) is 0 Å². The highest BCUT2D eigenvalue weighted by Gasteiger charge is 2.38. The molecule has 2 nitrogen and oxygen atoms in total. The summed E-state index contributed by atoms with van der Waals surface area (Å²) in [6.45, 7) is 9.56. The number of hydrogen-bond donors (Lipinski definition) is 1. The van der Waals surface area contributed by atoms with Crippen LogP contribution in [0.15, 0.2) is 24.3 Å². The van der Waals surface area contributed by atoms with Crippen molar-refractivity contribution < 1.29 is 0 Å². The maximum Gasteiger partial charge on any atom is 0.184 e. The van der Waals surface area contributed by atoms with Gasteiger partial charge in [-0.05, 0) is 42.2 Å². The molecule has 3 heteroatoms. The lowest BCUT2D eigenvalue weighted by atomic mass is 9.63. The smallest absolute Gasteiger partial charge is 0.184 e. The maximum atomic E-state index is 4.71. The number of hydrogen-bond acceptors (Lipinski definition) is 3. The van der Waals surface area contributed by atoms with E-state index in [1.807, 2.05) is 0 Å². The van der Waals surface area contributed by atoms with Gasteiger partial charge in [0.05, 0.1) is 10.2 Å². The highest BCUT2D eigenvalue weighted by Crippen LogP contribution is 2.46. The second kappa shape index (κ2) is 4.73. The van der Waals surface area contributed by atoms with Crippen molar-refractivity contribution in [2.24, 2.45) is 10.8 Å². The average Bonchev–Trinajstić information content (AvgIpc) is 2.66. The van der Waals surface area contributed by atoms with Crippen LogP contribution >= 0.6 is 11.3 Å². The number of para-hydroxylation sites is 1. The van der Waals surface area contributed by atoms with Crippen LogP contribution in [0.4, 0.5) is 5.13 Å². The molecule has 0 atom stereocenters. The summed E-state index contributed by atoms with van der Waals surface area (Å²) >= 11 is 1.77. The van der Waals surface area contributed by atoms with Gasteiger partial charge < -0.3 is 5.32 Å². The van der Waals surface area contributed by atoms with Gasteiger partial charge in [-0.2, -0.15) is 0 Å². The standard InChI is InChI=1S/C17H24N2S/c1-16(2)9-12(10-17(3,4)11-16)18-15-19-13-7-5-6-8-14(13)20-15/h5-8,12H,9-11H2,1-4H3,(H,18,19). The molecule has 20 heavy (non-hydrogen) atoms. The Hall–Kier alpha value is -1.09. The van der Waals surface area contributed by atoms with Crippen molar-refractivity contribution in [1.82, 2.24) is 4.98 Å². The van der Waals surface area contributed by atoms with E-state index in [1.165, 1.54) is 24.0 Å². The molecule has 0 spiro atoms. The SMILES string of the molecule is CC1(C)CC(Nc2nc3ccccc3s2)CC(C)(C)C1. The van der Waals surface area contributed by atoms with Crippen LogP contribution in [0.1, 0.15) is 47.0 Å². The molecule has 0 bridgehead atoms. The van der Waals surface area contributed by atoms with Crippen LogP contribution in [0.5, 0.6) is 0 Å². The summed E-state index contributed by atoms with van der Waals surface area (Å²) in [7, 11) is 0. The average molecular weight is 288 g/mol. The molecule has 0 aliphatic heterocycles. The van der Waals surface area contributed by atoms with Crippen molar-refractivity contribution in [2.45, 2.75) is 53.0 Å². The third kappa shape index (κ3) is 2.98. The number of anilines is 1. The van der Waals surface area contributed by atoms with E-state index in [-0.39, 0.29) is 0 Å². The molecule has 1 aromatic carbocycles.